The maximum Gasteiger partial charge on any atom is 0.407 e. The smallest absolute Gasteiger partial charge is 0.407 e. The van der Waals surface area contributed by atoms with E-state index in [-0.39, 0.29) is 18.4 Å². The Hall–Kier alpha value is -4.50. The number of imide groups is 1. The molecule has 0 bridgehead atoms. The summed E-state index contributed by atoms with van der Waals surface area (Å²) in [5.41, 5.74) is 1.45. The SMILES string of the molecule is CC(C)(C)OC(=O)NCc1ccc(C(=O)N(C(=O)C2NCCCC2c2ccccc2)c2ccc(C(=O)OC(C)(C)C)cc2)cc1. The average Bonchev–Trinajstić information content (AvgIpc) is 2.99. The van der Waals surface area contributed by atoms with Crippen LogP contribution in [-0.2, 0) is 20.8 Å². The minimum atomic E-state index is -0.665. The highest BCUT2D eigenvalue weighted by atomic mass is 16.6. The number of hydrogen-bond donors (Lipinski definition) is 2. The molecule has 0 spiro atoms. The molecule has 1 heterocycles. The lowest BCUT2D eigenvalue weighted by molar-refractivity contribution is -0.121. The maximum atomic E-state index is 14.4. The van der Waals surface area contributed by atoms with Gasteiger partial charge >= 0.3 is 12.1 Å². The highest BCUT2D eigenvalue weighted by molar-refractivity contribution is 6.22. The van der Waals surface area contributed by atoms with E-state index >= 15 is 0 Å². The summed E-state index contributed by atoms with van der Waals surface area (Å²) in [5, 5.41) is 6.07. The first-order valence-electron chi connectivity index (χ1n) is 15.3. The van der Waals surface area contributed by atoms with Gasteiger partial charge in [-0.05, 0) is 108 Å². The number of carbonyl (C=O) groups excluding carboxylic acids is 4. The fraction of sp³-hybridized carbons (Fsp3) is 0.389. The molecule has 2 atom stereocenters. The number of ether oxygens (including phenoxy) is 2. The molecule has 2 unspecified atom stereocenters. The minimum Gasteiger partial charge on any atom is -0.456 e. The summed E-state index contributed by atoms with van der Waals surface area (Å²) < 4.78 is 10.8. The molecule has 4 rings (SSSR count). The van der Waals surface area contributed by atoms with Crippen LogP contribution >= 0.6 is 0 Å². The summed E-state index contributed by atoms with van der Waals surface area (Å²) >= 11 is 0. The Morgan fingerprint density at radius 2 is 1.40 bits per heavy atom. The molecular formula is C36H43N3O6. The Kier molecular flexibility index (Phi) is 10.4. The highest BCUT2D eigenvalue weighted by Gasteiger charge is 2.38. The zero-order valence-corrected chi connectivity index (χ0v) is 26.9. The van der Waals surface area contributed by atoms with Crippen molar-refractivity contribution in [3.8, 4) is 0 Å². The molecule has 0 aromatic heterocycles. The molecule has 45 heavy (non-hydrogen) atoms. The first-order valence-corrected chi connectivity index (χ1v) is 15.3. The molecule has 0 radical (unpaired) electrons. The summed E-state index contributed by atoms with van der Waals surface area (Å²) in [6, 6.07) is 22.2. The fourth-order valence-corrected chi connectivity index (χ4v) is 5.16. The van der Waals surface area contributed by atoms with Gasteiger partial charge < -0.3 is 20.1 Å². The molecule has 3 aromatic carbocycles. The van der Waals surface area contributed by atoms with Crippen LogP contribution in [0.25, 0.3) is 0 Å². The summed E-state index contributed by atoms with van der Waals surface area (Å²) in [7, 11) is 0. The zero-order valence-electron chi connectivity index (χ0n) is 26.9. The van der Waals surface area contributed by atoms with E-state index in [0.29, 0.717) is 23.4 Å². The highest BCUT2D eigenvalue weighted by Crippen LogP contribution is 2.31. The number of nitrogens with one attached hydrogen (secondary N) is 2. The number of anilines is 1. The number of amides is 3. The third kappa shape index (κ3) is 9.25. The van der Waals surface area contributed by atoms with Crippen molar-refractivity contribution in [2.45, 2.75) is 84.1 Å². The van der Waals surface area contributed by atoms with Crippen LogP contribution in [0.4, 0.5) is 10.5 Å². The molecule has 1 saturated heterocycles. The van der Waals surface area contributed by atoms with Crippen LogP contribution in [-0.4, -0.2) is 47.7 Å². The predicted molar refractivity (Wildman–Crippen MR) is 173 cm³/mol. The van der Waals surface area contributed by atoms with Crippen molar-refractivity contribution in [1.82, 2.24) is 10.6 Å². The lowest BCUT2D eigenvalue weighted by Crippen LogP contribution is -2.54. The van der Waals surface area contributed by atoms with Crippen LogP contribution in [0.5, 0.6) is 0 Å². The van der Waals surface area contributed by atoms with Gasteiger partial charge in [0.1, 0.15) is 11.2 Å². The summed E-state index contributed by atoms with van der Waals surface area (Å²) in [5.74, 6) is -1.50. The molecule has 1 fully saturated rings. The van der Waals surface area contributed by atoms with Crippen molar-refractivity contribution in [1.29, 1.82) is 0 Å². The molecule has 9 nitrogen and oxygen atoms in total. The Labute approximate surface area is 265 Å². The molecule has 1 aliphatic heterocycles. The molecular weight excluding hydrogens is 570 g/mol. The van der Waals surface area contributed by atoms with Gasteiger partial charge in [0, 0.05) is 18.0 Å². The fourth-order valence-electron chi connectivity index (χ4n) is 5.16. The van der Waals surface area contributed by atoms with Crippen LogP contribution < -0.4 is 15.5 Å². The van der Waals surface area contributed by atoms with E-state index in [1.54, 1.807) is 90.1 Å². The Morgan fingerprint density at radius 3 is 2.00 bits per heavy atom. The lowest BCUT2D eigenvalue weighted by Gasteiger charge is -2.35. The molecule has 9 heteroatoms. The molecule has 2 N–H and O–H groups in total. The second kappa shape index (κ2) is 14.1. The maximum absolute atomic E-state index is 14.4. The molecule has 3 amide bonds. The van der Waals surface area contributed by atoms with Crippen molar-refractivity contribution < 1.29 is 28.7 Å². The normalized spacial score (nSPS) is 16.8. The summed E-state index contributed by atoms with van der Waals surface area (Å²) in [4.78, 5) is 54.4. The number of hydrogen-bond acceptors (Lipinski definition) is 7. The number of nitrogens with zero attached hydrogens (tertiary/aromatic N) is 1. The van der Waals surface area contributed by atoms with Crippen LogP contribution in [0, 0.1) is 0 Å². The lowest BCUT2D eigenvalue weighted by atomic mass is 9.84. The third-order valence-corrected chi connectivity index (χ3v) is 7.17. The van der Waals surface area contributed by atoms with Crippen molar-refractivity contribution in [3.63, 3.8) is 0 Å². The van der Waals surface area contributed by atoms with Gasteiger partial charge in [0.2, 0.25) is 0 Å². The summed E-state index contributed by atoms with van der Waals surface area (Å²) in [6.07, 6.45) is 1.16. The molecule has 0 aliphatic carbocycles. The average molecular weight is 614 g/mol. The van der Waals surface area contributed by atoms with Gasteiger partial charge in [-0.15, -0.1) is 0 Å². The first-order chi connectivity index (χ1) is 21.2. The third-order valence-electron chi connectivity index (χ3n) is 7.17. The van der Waals surface area contributed by atoms with Gasteiger partial charge in [-0.3, -0.25) is 9.59 Å². The van der Waals surface area contributed by atoms with Crippen molar-refractivity contribution in [3.05, 3.63) is 101 Å². The molecule has 0 saturated carbocycles. The van der Waals surface area contributed by atoms with Crippen molar-refractivity contribution in [2.75, 3.05) is 11.4 Å². The van der Waals surface area contributed by atoms with Crippen LogP contribution in [0.3, 0.4) is 0 Å². The van der Waals surface area contributed by atoms with E-state index < -0.39 is 35.2 Å². The topological polar surface area (TPSA) is 114 Å². The van der Waals surface area contributed by atoms with Crippen LogP contribution in [0.1, 0.15) is 92.1 Å². The van der Waals surface area contributed by atoms with E-state index in [1.165, 1.54) is 4.90 Å². The minimum absolute atomic E-state index is 0.120. The Bertz CT molecular complexity index is 1490. The van der Waals surface area contributed by atoms with Gasteiger partial charge in [0.15, 0.2) is 0 Å². The van der Waals surface area contributed by atoms with E-state index in [2.05, 4.69) is 10.6 Å². The quantitative estimate of drug-likeness (QED) is 0.235. The van der Waals surface area contributed by atoms with Gasteiger partial charge in [0.25, 0.3) is 11.8 Å². The standard InChI is InChI=1S/C36H43N3O6/c1-35(2,3)44-33(42)27-18-20-28(21-19-27)39(32(41)30-29(13-10-22-37-30)25-11-8-7-9-12-25)31(40)26-16-14-24(15-17-26)23-38-34(43)45-36(4,5)6/h7-9,11-12,14-21,29-30,37H,10,13,22-23H2,1-6H3,(H,38,43). The van der Waals surface area contributed by atoms with E-state index in [1.807, 2.05) is 30.3 Å². The Morgan fingerprint density at radius 1 is 0.800 bits per heavy atom. The van der Waals surface area contributed by atoms with Crippen molar-refractivity contribution in [2.24, 2.45) is 0 Å². The number of alkyl carbamates (subject to hydrolysis) is 1. The largest absolute Gasteiger partial charge is 0.456 e. The number of esters is 1. The van der Waals surface area contributed by atoms with Crippen molar-refractivity contribution >= 4 is 29.6 Å². The second-order valence-electron chi connectivity index (χ2n) is 13.2. The van der Waals surface area contributed by atoms with Gasteiger partial charge in [-0.25, -0.2) is 14.5 Å². The van der Waals surface area contributed by atoms with Crippen LogP contribution in [0.15, 0.2) is 78.9 Å². The van der Waals surface area contributed by atoms with Gasteiger partial charge in [-0.2, -0.15) is 0 Å². The predicted octanol–water partition coefficient (Wildman–Crippen LogP) is 6.38. The van der Waals surface area contributed by atoms with Crippen LogP contribution in [0.2, 0.25) is 0 Å². The molecule has 3 aromatic rings. The van der Waals surface area contributed by atoms with E-state index in [4.69, 9.17) is 9.47 Å². The molecule has 1 aliphatic rings. The number of piperidine rings is 1. The number of carbonyl (C=O) groups is 4. The number of rotatable bonds is 7. The summed E-state index contributed by atoms with van der Waals surface area (Å²) in [6.45, 7) is 11.6. The van der Waals surface area contributed by atoms with E-state index in [0.717, 1.165) is 24.0 Å². The second-order valence-corrected chi connectivity index (χ2v) is 13.2. The Balaban J connectivity index is 1.62. The first kappa shape index (κ1) is 33.4. The zero-order chi connectivity index (χ0) is 32.8. The van der Waals surface area contributed by atoms with Gasteiger partial charge in [-0.1, -0.05) is 42.5 Å². The van der Waals surface area contributed by atoms with Gasteiger partial charge in [0.05, 0.1) is 17.3 Å². The van der Waals surface area contributed by atoms with E-state index in [9.17, 15) is 19.2 Å². The number of benzene rings is 3. The molecule has 238 valence electrons. The monoisotopic (exact) mass is 613 g/mol.